The van der Waals surface area contributed by atoms with Crippen LogP contribution in [-0.4, -0.2) is 33.9 Å². The molecule has 6 nitrogen and oxygen atoms in total. The first-order valence-electron chi connectivity index (χ1n) is 6.25. The molecule has 1 aliphatic rings. The third-order valence-corrected chi connectivity index (χ3v) is 3.45. The first-order chi connectivity index (χ1) is 9.24. The van der Waals surface area contributed by atoms with Crippen LogP contribution in [0, 0.1) is 0 Å². The second-order valence-corrected chi connectivity index (χ2v) is 4.76. The SMILES string of the molecule is CN1Cc2[nH]cnc2CC1C(=O)NCc1ccco1. The number of fused-ring (bicyclic) bond motifs is 1. The smallest absolute Gasteiger partial charge is 0.238 e. The monoisotopic (exact) mass is 260 g/mol. The predicted octanol–water partition coefficient (Wildman–Crippen LogP) is 0.676. The van der Waals surface area contributed by atoms with Crippen LogP contribution in [0.2, 0.25) is 0 Å². The average molecular weight is 260 g/mol. The van der Waals surface area contributed by atoms with Crippen molar-refractivity contribution in [2.45, 2.75) is 25.6 Å². The Morgan fingerprint density at radius 1 is 1.68 bits per heavy atom. The van der Waals surface area contributed by atoms with Gasteiger partial charge in [0.1, 0.15) is 5.76 Å². The van der Waals surface area contributed by atoms with Crippen molar-refractivity contribution in [1.82, 2.24) is 20.2 Å². The molecule has 0 bridgehead atoms. The second-order valence-electron chi connectivity index (χ2n) is 4.76. The first-order valence-corrected chi connectivity index (χ1v) is 6.25. The molecule has 2 aromatic rings. The van der Waals surface area contributed by atoms with Crippen molar-refractivity contribution < 1.29 is 9.21 Å². The van der Waals surface area contributed by atoms with E-state index >= 15 is 0 Å². The summed E-state index contributed by atoms with van der Waals surface area (Å²) in [6.07, 6.45) is 3.92. The van der Waals surface area contributed by atoms with Gasteiger partial charge in [0.15, 0.2) is 0 Å². The highest BCUT2D eigenvalue weighted by Gasteiger charge is 2.30. The fourth-order valence-corrected chi connectivity index (χ4v) is 2.36. The molecule has 0 fully saturated rings. The van der Waals surface area contributed by atoms with E-state index in [9.17, 15) is 4.79 Å². The van der Waals surface area contributed by atoms with E-state index in [-0.39, 0.29) is 11.9 Å². The second kappa shape index (κ2) is 4.89. The van der Waals surface area contributed by atoms with Crippen LogP contribution in [-0.2, 0) is 24.3 Å². The molecule has 0 radical (unpaired) electrons. The normalized spacial score (nSPS) is 19.1. The molecule has 6 heteroatoms. The summed E-state index contributed by atoms with van der Waals surface area (Å²) in [7, 11) is 1.95. The Labute approximate surface area is 110 Å². The summed E-state index contributed by atoms with van der Waals surface area (Å²) >= 11 is 0. The van der Waals surface area contributed by atoms with E-state index in [4.69, 9.17) is 4.42 Å². The fraction of sp³-hybridized carbons (Fsp3) is 0.385. The molecule has 0 aliphatic carbocycles. The maximum absolute atomic E-state index is 12.2. The minimum Gasteiger partial charge on any atom is -0.467 e. The van der Waals surface area contributed by atoms with E-state index in [1.54, 1.807) is 12.6 Å². The number of nitrogens with zero attached hydrogens (tertiary/aromatic N) is 2. The van der Waals surface area contributed by atoms with Crippen LogP contribution >= 0.6 is 0 Å². The summed E-state index contributed by atoms with van der Waals surface area (Å²) in [4.78, 5) is 21.6. The number of carbonyl (C=O) groups excluding carboxylic acids is 1. The summed E-state index contributed by atoms with van der Waals surface area (Å²) in [5, 5.41) is 2.90. The average Bonchev–Trinajstić information content (AvgIpc) is 3.05. The minimum atomic E-state index is -0.175. The Kier molecular flexibility index (Phi) is 3.08. The molecule has 100 valence electrons. The number of aromatic nitrogens is 2. The Morgan fingerprint density at radius 3 is 3.37 bits per heavy atom. The van der Waals surface area contributed by atoms with Crippen LogP contribution in [0.3, 0.4) is 0 Å². The zero-order valence-corrected chi connectivity index (χ0v) is 10.7. The number of likely N-dealkylation sites (N-methyl/N-ethyl adjacent to an activating group) is 1. The molecule has 19 heavy (non-hydrogen) atoms. The number of hydrogen-bond acceptors (Lipinski definition) is 4. The van der Waals surface area contributed by atoms with E-state index in [1.807, 2.05) is 24.1 Å². The van der Waals surface area contributed by atoms with Crippen LogP contribution in [0.4, 0.5) is 0 Å². The van der Waals surface area contributed by atoms with Crippen LogP contribution < -0.4 is 5.32 Å². The van der Waals surface area contributed by atoms with Crippen molar-refractivity contribution in [2.24, 2.45) is 0 Å². The molecule has 1 unspecified atom stereocenters. The van der Waals surface area contributed by atoms with Crippen LogP contribution in [0.5, 0.6) is 0 Å². The molecule has 2 N–H and O–H groups in total. The molecule has 1 atom stereocenters. The summed E-state index contributed by atoms with van der Waals surface area (Å²) in [6.45, 7) is 1.14. The van der Waals surface area contributed by atoms with Crippen LogP contribution in [0.15, 0.2) is 29.1 Å². The number of nitrogens with one attached hydrogen (secondary N) is 2. The molecule has 3 heterocycles. The van der Waals surface area contributed by atoms with Gasteiger partial charge in [-0.05, 0) is 19.2 Å². The zero-order valence-electron chi connectivity index (χ0n) is 10.7. The van der Waals surface area contributed by atoms with Crippen LogP contribution in [0.1, 0.15) is 17.1 Å². The topological polar surface area (TPSA) is 74.2 Å². The molecule has 2 aromatic heterocycles. The number of imidazole rings is 1. The van der Waals surface area contributed by atoms with E-state index < -0.39 is 0 Å². The highest BCUT2D eigenvalue weighted by Crippen LogP contribution is 2.18. The summed E-state index contributed by atoms with van der Waals surface area (Å²) in [5.74, 6) is 0.764. The van der Waals surface area contributed by atoms with Crippen molar-refractivity contribution in [3.8, 4) is 0 Å². The largest absolute Gasteiger partial charge is 0.467 e. The fourth-order valence-electron chi connectivity index (χ4n) is 2.36. The number of hydrogen-bond donors (Lipinski definition) is 2. The molecule has 0 spiro atoms. The van der Waals surface area contributed by atoms with E-state index in [0.29, 0.717) is 19.5 Å². The van der Waals surface area contributed by atoms with Gasteiger partial charge in [0.2, 0.25) is 5.91 Å². The van der Waals surface area contributed by atoms with Gasteiger partial charge in [-0.2, -0.15) is 0 Å². The van der Waals surface area contributed by atoms with Crippen molar-refractivity contribution in [1.29, 1.82) is 0 Å². The lowest BCUT2D eigenvalue weighted by Gasteiger charge is -2.30. The third-order valence-electron chi connectivity index (χ3n) is 3.45. The van der Waals surface area contributed by atoms with Gasteiger partial charge in [-0.25, -0.2) is 4.98 Å². The van der Waals surface area contributed by atoms with E-state index in [0.717, 1.165) is 17.1 Å². The minimum absolute atomic E-state index is 0.00699. The molecule has 3 rings (SSSR count). The maximum Gasteiger partial charge on any atom is 0.238 e. The van der Waals surface area contributed by atoms with Gasteiger partial charge in [-0.15, -0.1) is 0 Å². The van der Waals surface area contributed by atoms with E-state index in [2.05, 4.69) is 15.3 Å². The van der Waals surface area contributed by atoms with Gasteiger partial charge in [-0.3, -0.25) is 9.69 Å². The molecule has 0 saturated heterocycles. The molecular weight excluding hydrogens is 244 g/mol. The number of furan rings is 1. The summed E-state index contributed by atoms with van der Waals surface area (Å²) in [6, 6.07) is 3.48. The van der Waals surface area contributed by atoms with Gasteiger partial charge in [0, 0.05) is 13.0 Å². The van der Waals surface area contributed by atoms with Gasteiger partial charge in [-0.1, -0.05) is 0 Å². The summed E-state index contributed by atoms with van der Waals surface area (Å²) in [5.41, 5.74) is 2.08. The Morgan fingerprint density at radius 2 is 2.58 bits per heavy atom. The quantitative estimate of drug-likeness (QED) is 0.851. The maximum atomic E-state index is 12.2. The predicted molar refractivity (Wildman–Crippen MR) is 68.1 cm³/mol. The number of H-pyrrole nitrogens is 1. The first kappa shape index (κ1) is 12.0. The highest BCUT2D eigenvalue weighted by atomic mass is 16.3. The van der Waals surface area contributed by atoms with Crippen molar-refractivity contribution in [3.05, 3.63) is 41.9 Å². The van der Waals surface area contributed by atoms with Gasteiger partial charge in [0.05, 0.1) is 36.6 Å². The number of rotatable bonds is 3. The third kappa shape index (κ3) is 2.39. The lowest BCUT2D eigenvalue weighted by Crippen LogP contribution is -2.48. The standard InChI is InChI=1S/C13H16N4O2/c1-17-7-11-10(15-8-16-11)5-12(17)13(18)14-6-9-3-2-4-19-9/h2-4,8,12H,5-7H2,1H3,(H,14,18)(H,15,16). The number of aromatic amines is 1. The molecule has 1 amide bonds. The molecule has 1 aliphatic heterocycles. The Balaban J connectivity index is 1.64. The lowest BCUT2D eigenvalue weighted by molar-refractivity contribution is -0.126. The molecular formula is C13H16N4O2. The van der Waals surface area contributed by atoms with Crippen molar-refractivity contribution >= 4 is 5.91 Å². The summed E-state index contributed by atoms with van der Waals surface area (Å²) < 4.78 is 5.20. The zero-order chi connectivity index (χ0) is 13.2. The van der Waals surface area contributed by atoms with Crippen LogP contribution in [0.25, 0.3) is 0 Å². The molecule has 0 saturated carbocycles. The van der Waals surface area contributed by atoms with Crippen molar-refractivity contribution in [3.63, 3.8) is 0 Å². The van der Waals surface area contributed by atoms with Gasteiger partial charge >= 0.3 is 0 Å². The lowest BCUT2D eigenvalue weighted by atomic mass is 10.0. The Hall–Kier alpha value is -2.08. The van der Waals surface area contributed by atoms with E-state index in [1.165, 1.54) is 0 Å². The van der Waals surface area contributed by atoms with Crippen molar-refractivity contribution in [2.75, 3.05) is 7.05 Å². The highest BCUT2D eigenvalue weighted by molar-refractivity contribution is 5.82. The number of amides is 1. The van der Waals surface area contributed by atoms with Gasteiger partial charge in [0.25, 0.3) is 0 Å². The van der Waals surface area contributed by atoms with Gasteiger partial charge < -0.3 is 14.7 Å². The Bertz CT molecular complexity index is 561. The molecule has 0 aromatic carbocycles. The number of carbonyl (C=O) groups is 1.